The van der Waals surface area contributed by atoms with Crippen LogP contribution < -0.4 is 0 Å². The average Bonchev–Trinajstić information content (AvgIpc) is 3.77. The summed E-state index contributed by atoms with van der Waals surface area (Å²) in [5.41, 5.74) is 6.12. The maximum atomic E-state index is 12.6. The molecule has 8 rings (SSSR count). The summed E-state index contributed by atoms with van der Waals surface area (Å²) in [7, 11) is 1.72. The molecule has 4 aromatic rings. The number of piperidine rings is 2. The number of aromatic hydroxyl groups is 2. The first-order valence-electron chi connectivity index (χ1n) is 19.5. The molecule has 0 unspecified atom stereocenters. The van der Waals surface area contributed by atoms with Gasteiger partial charge in [-0.25, -0.2) is 9.59 Å². The molecule has 0 atom stereocenters. The number of benzene rings is 4. The predicted molar refractivity (Wildman–Crippen MR) is 214 cm³/mol. The van der Waals surface area contributed by atoms with Crippen LogP contribution in [-0.2, 0) is 40.3 Å². The first-order chi connectivity index (χ1) is 27.7. The van der Waals surface area contributed by atoms with Gasteiger partial charge in [0.15, 0.2) is 11.6 Å². The minimum Gasteiger partial charge on any atom is -0.508 e. The number of ether oxygens (including phenoxy) is 3. The lowest BCUT2D eigenvalue weighted by atomic mass is 9.93. The second kappa shape index (κ2) is 19.8. The molecular formula is C46H50N2O9. The Morgan fingerprint density at radius 2 is 1.18 bits per heavy atom. The number of hydrogen-bond donors (Lipinski definition) is 2. The quantitative estimate of drug-likeness (QED) is 0.186. The number of methoxy groups -OCH3 is 1. The van der Waals surface area contributed by atoms with Crippen LogP contribution in [0, 0.1) is 5.92 Å². The minimum absolute atomic E-state index is 0.00982. The number of Topliss-reactive ketones (excluding diaryl/α,β-unsaturated/α-hetero) is 2. The van der Waals surface area contributed by atoms with Crippen LogP contribution >= 0.6 is 0 Å². The summed E-state index contributed by atoms with van der Waals surface area (Å²) in [6.45, 7) is 3.30. The van der Waals surface area contributed by atoms with E-state index < -0.39 is 0 Å². The molecular weight excluding hydrogens is 725 g/mol. The molecule has 0 aromatic heterocycles. The van der Waals surface area contributed by atoms with Gasteiger partial charge < -0.3 is 34.2 Å². The number of phenolic OH excluding ortho intramolecular Hbond substituents is 2. The van der Waals surface area contributed by atoms with Gasteiger partial charge in [0.1, 0.15) is 24.7 Å². The zero-order chi connectivity index (χ0) is 40.1. The number of nitrogens with zero attached hydrogens (tertiary/aromatic N) is 2. The molecule has 2 heterocycles. The first kappa shape index (κ1) is 40.7. The van der Waals surface area contributed by atoms with Crippen molar-refractivity contribution in [3.63, 3.8) is 0 Å². The van der Waals surface area contributed by atoms with E-state index in [9.17, 15) is 24.3 Å². The third-order valence-electron chi connectivity index (χ3n) is 10.7. The summed E-state index contributed by atoms with van der Waals surface area (Å²) >= 11 is 0. The van der Waals surface area contributed by atoms with E-state index in [1.54, 1.807) is 41.2 Å². The van der Waals surface area contributed by atoms with E-state index in [0.29, 0.717) is 56.8 Å². The minimum atomic E-state index is -0.283. The Kier molecular flexibility index (Phi) is 14.1. The normalized spacial score (nSPS) is 17.2. The number of carbonyl (C=O) groups excluding carboxylic acids is 4. The number of hydrogen-bond acceptors (Lipinski definition) is 9. The van der Waals surface area contributed by atoms with Gasteiger partial charge in [-0.05, 0) is 84.5 Å². The van der Waals surface area contributed by atoms with E-state index in [0.717, 1.165) is 59.9 Å². The molecule has 298 valence electrons. The van der Waals surface area contributed by atoms with Crippen LogP contribution in [0.5, 0.6) is 11.5 Å². The van der Waals surface area contributed by atoms with Crippen LogP contribution in [0.3, 0.4) is 0 Å². The van der Waals surface area contributed by atoms with Crippen LogP contribution in [0.4, 0.5) is 9.59 Å². The van der Waals surface area contributed by atoms with Crippen molar-refractivity contribution in [1.82, 2.24) is 9.80 Å². The second-order valence-corrected chi connectivity index (χ2v) is 14.6. The van der Waals surface area contributed by atoms with E-state index in [1.807, 2.05) is 72.8 Å². The third-order valence-corrected chi connectivity index (χ3v) is 10.7. The van der Waals surface area contributed by atoms with Crippen LogP contribution in [0.1, 0.15) is 75.1 Å². The number of fused-ring (bicyclic) bond motifs is 2. The topological polar surface area (TPSA) is 143 Å². The van der Waals surface area contributed by atoms with Crippen LogP contribution in [0.15, 0.2) is 109 Å². The van der Waals surface area contributed by atoms with Crippen molar-refractivity contribution in [2.45, 2.75) is 64.3 Å². The van der Waals surface area contributed by atoms with E-state index in [4.69, 9.17) is 19.3 Å². The smallest absolute Gasteiger partial charge is 0.410 e. The van der Waals surface area contributed by atoms with Gasteiger partial charge in [0.05, 0.1) is 6.10 Å². The van der Waals surface area contributed by atoms with Gasteiger partial charge in [0.2, 0.25) is 0 Å². The number of phenols is 2. The second-order valence-electron chi connectivity index (χ2n) is 14.6. The van der Waals surface area contributed by atoms with Crippen LogP contribution in [-0.4, -0.2) is 83.2 Å². The Hall–Kier alpha value is -5.94. The molecule has 2 N–H and O–H groups in total. The number of carbonyl (C=O) groups is 4. The molecule has 11 heteroatoms. The molecule has 4 aromatic carbocycles. The Morgan fingerprint density at radius 3 is 1.72 bits per heavy atom. The Bertz CT molecular complexity index is 2030. The largest absolute Gasteiger partial charge is 0.508 e. The average molecular weight is 775 g/mol. The Labute approximate surface area is 333 Å². The maximum absolute atomic E-state index is 12.6. The molecule has 0 radical (unpaired) electrons. The summed E-state index contributed by atoms with van der Waals surface area (Å²) < 4.78 is 16.0. The fourth-order valence-electron chi connectivity index (χ4n) is 7.38. The van der Waals surface area contributed by atoms with E-state index in [1.165, 1.54) is 0 Å². The highest BCUT2D eigenvalue weighted by molar-refractivity contribution is 6.13. The summed E-state index contributed by atoms with van der Waals surface area (Å²) in [6, 6.07) is 29.3. The number of ketones is 2. The number of rotatable bonds is 6. The Morgan fingerprint density at radius 1 is 0.667 bits per heavy atom. The molecule has 0 bridgehead atoms. The lowest BCUT2D eigenvalue weighted by molar-refractivity contribution is 0.0317. The van der Waals surface area contributed by atoms with Gasteiger partial charge in [0, 0.05) is 62.8 Å². The van der Waals surface area contributed by atoms with Gasteiger partial charge in [-0.15, -0.1) is 0 Å². The van der Waals surface area contributed by atoms with Crippen molar-refractivity contribution in [3.05, 3.63) is 142 Å². The SMILES string of the molecule is COC1CCN(C(=O)OCc2ccccc2)CC1.O=C1/C(=C/C2CCN(C(=O)OCc3ccccc3)CC2)Cc2ccc(O)cc21.O=C1CCc2ccc(O)cc21. The lowest BCUT2D eigenvalue weighted by Gasteiger charge is -2.30. The summed E-state index contributed by atoms with van der Waals surface area (Å²) in [6.07, 6.45) is 7.28. The van der Waals surface area contributed by atoms with Gasteiger partial charge >= 0.3 is 12.2 Å². The molecule has 0 saturated carbocycles. The van der Waals surface area contributed by atoms with Gasteiger partial charge in [-0.1, -0.05) is 78.9 Å². The van der Waals surface area contributed by atoms with E-state index >= 15 is 0 Å². The van der Waals surface area contributed by atoms with Crippen molar-refractivity contribution in [1.29, 1.82) is 0 Å². The van der Waals surface area contributed by atoms with E-state index in [-0.39, 0.29) is 53.9 Å². The fraction of sp³-hybridized carbons (Fsp3) is 0.348. The highest BCUT2D eigenvalue weighted by Gasteiger charge is 2.29. The van der Waals surface area contributed by atoms with Crippen molar-refractivity contribution in [2.24, 2.45) is 5.92 Å². The molecule has 2 saturated heterocycles. The van der Waals surface area contributed by atoms with Crippen LogP contribution in [0.2, 0.25) is 0 Å². The highest BCUT2D eigenvalue weighted by Crippen LogP contribution is 2.32. The molecule has 0 spiro atoms. The molecule has 57 heavy (non-hydrogen) atoms. The molecule has 11 nitrogen and oxygen atoms in total. The highest BCUT2D eigenvalue weighted by atomic mass is 16.6. The molecule has 2 amide bonds. The monoisotopic (exact) mass is 774 g/mol. The van der Waals surface area contributed by atoms with Crippen molar-refractivity contribution < 1.29 is 43.6 Å². The number of aryl methyl sites for hydroxylation is 1. The summed E-state index contributed by atoms with van der Waals surface area (Å²) in [4.78, 5) is 51.2. The molecule has 2 aliphatic carbocycles. The number of amides is 2. The van der Waals surface area contributed by atoms with Crippen molar-refractivity contribution in [3.8, 4) is 11.5 Å². The summed E-state index contributed by atoms with van der Waals surface area (Å²) in [5.74, 6) is 0.737. The van der Waals surface area contributed by atoms with Gasteiger partial charge in [-0.3, -0.25) is 9.59 Å². The summed E-state index contributed by atoms with van der Waals surface area (Å²) in [5, 5.41) is 18.7. The Balaban J connectivity index is 0.000000161. The third kappa shape index (κ3) is 11.3. The molecule has 2 aliphatic heterocycles. The standard InChI is InChI=1S/C23H23NO4.C14H19NO3.C9H8O2/c25-20-7-6-18-13-19(22(26)21(18)14-20)12-16-8-10-24(11-9-16)23(27)28-15-17-4-2-1-3-5-17;1-17-13-7-9-15(10-8-13)14(16)18-11-12-5-3-2-4-6-12;10-7-3-1-6-2-4-9(11)8(6)5-7/h1-7,12,14,16,25H,8-11,13,15H2;2-6,13H,7-11H2,1H3;1,3,5,10H,2,4H2/b19-12+;;. The van der Waals surface area contributed by atoms with Crippen molar-refractivity contribution in [2.75, 3.05) is 33.3 Å². The molecule has 4 aliphatic rings. The number of allylic oxidation sites excluding steroid dienone is 2. The first-order valence-corrected chi connectivity index (χ1v) is 19.5. The zero-order valence-electron chi connectivity index (χ0n) is 32.3. The van der Waals surface area contributed by atoms with Crippen LogP contribution in [0.25, 0.3) is 0 Å². The predicted octanol–water partition coefficient (Wildman–Crippen LogP) is 8.06. The van der Waals surface area contributed by atoms with Crippen molar-refractivity contribution >= 4 is 23.8 Å². The lowest BCUT2D eigenvalue weighted by Crippen LogP contribution is -2.40. The fourth-order valence-corrected chi connectivity index (χ4v) is 7.38. The molecule has 2 fully saturated rings. The maximum Gasteiger partial charge on any atom is 0.410 e. The number of likely N-dealkylation sites (tertiary alicyclic amines) is 2. The van der Waals surface area contributed by atoms with E-state index in [2.05, 4.69) is 6.08 Å². The van der Waals surface area contributed by atoms with Gasteiger partial charge in [0.25, 0.3) is 0 Å². The zero-order valence-corrected chi connectivity index (χ0v) is 32.3. The van der Waals surface area contributed by atoms with Gasteiger partial charge in [-0.2, -0.15) is 0 Å².